The molecule has 0 radical (unpaired) electrons. The number of carbonyl (C=O) groups is 1. The van der Waals surface area contributed by atoms with Gasteiger partial charge in [-0.05, 0) is 33.6 Å². The van der Waals surface area contributed by atoms with Gasteiger partial charge in [0.2, 0.25) is 0 Å². The van der Waals surface area contributed by atoms with Crippen LogP contribution in [0.25, 0.3) is 0 Å². The van der Waals surface area contributed by atoms with Gasteiger partial charge in [0.15, 0.2) is 0 Å². The lowest BCUT2D eigenvalue weighted by atomic mass is 10.0. The van der Waals surface area contributed by atoms with E-state index in [0.29, 0.717) is 6.54 Å². The van der Waals surface area contributed by atoms with Gasteiger partial charge in [0.1, 0.15) is 11.6 Å². The normalized spacial score (nSPS) is 22.4. The van der Waals surface area contributed by atoms with Crippen LogP contribution in [0.1, 0.15) is 65.7 Å². The fourth-order valence-corrected chi connectivity index (χ4v) is 2.31. The molecule has 1 atom stereocenters. The van der Waals surface area contributed by atoms with Crippen LogP contribution in [0.2, 0.25) is 0 Å². The van der Waals surface area contributed by atoms with Gasteiger partial charge in [-0.25, -0.2) is 4.79 Å². The van der Waals surface area contributed by atoms with Crippen LogP contribution in [0.15, 0.2) is 0 Å². The Morgan fingerprint density at radius 3 is 2.32 bits per heavy atom. The average molecular weight is 266 g/mol. The summed E-state index contributed by atoms with van der Waals surface area (Å²) in [5.74, 6) is 0. The lowest BCUT2D eigenvalue weighted by Crippen LogP contribution is -2.43. The smallest absolute Gasteiger partial charge is 0.411 e. The third-order valence-electron chi connectivity index (χ3n) is 3.28. The number of nitrogens with zero attached hydrogens (tertiary/aromatic N) is 2. The molecule has 0 aromatic heterocycles. The Kier molecular flexibility index (Phi) is 6.14. The van der Waals surface area contributed by atoms with E-state index in [9.17, 15) is 10.1 Å². The minimum absolute atomic E-state index is 0.340. The zero-order chi connectivity index (χ0) is 14.3. The molecule has 1 aliphatic heterocycles. The first-order valence-corrected chi connectivity index (χ1v) is 7.33. The highest BCUT2D eigenvalue weighted by atomic mass is 16.6. The molecule has 1 fully saturated rings. The summed E-state index contributed by atoms with van der Waals surface area (Å²) in [4.78, 5) is 13.8. The Morgan fingerprint density at radius 1 is 1.16 bits per heavy atom. The number of ether oxygens (including phenoxy) is 1. The van der Waals surface area contributed by atoms with Gasteiger partial charge in [-0.3, -0.25) is 4.90 Å². The molecule has 1 saturated heterocycles. The van der Waals surface area contributed by atoms with E-state index in [1.54, 1.807) is 4.90 Å². The van der Waals surface area contributed by atoms with Gasteiger partial charge in [-0.2, -0.15) is 5.26 Å². The quantitative estimate of drug-likeness (QED) is 0.669. The lowest BCUT2D eigenvalue weighted by Gasteiger charge is -2.31. The van der Waals surface area contributed by atoms with E-state index in [1.165, 1.54) is 12.8 Å². The zero-order valence-corrected chi connectivity index (χ0v) is 12.4. The van der Waals surface area contributed by atoms with Gasteiger partial charge in [0.25, 0.3) is 0 Å². The van der Waals surface area contributed by atoms with Gasteiger partial charge < -0.3 is 4.74 Å². The topological polar surface area (TPSA) is 53.3 Å². The number of amides is 1. The third-order valence-corrected chi connectivity index (χ3v) is 3.28. The summed E-state index contributed by atoms with van der Waals surface area (Å²) >= 11 is 0. The average Bonchev–Trinajstić information content (AvgIpc) is 2.32. The summed E-state index contributed by atoms with van der Waals surface area (Å²) in [6.07, 6.45) is 7.12. The molecule has 19 heavy (non-hydrogen) atoms. The molecule has 1 amide bonds. The first-order chi connectivity index (χ1) is 8.94. The largest absolute Gasteiger partial charge is 0.444 e. The Bertz CT molecular complexity index is 328. The maximum absolute atomic E-state index is 12.2. The van der Waals surface area contributed by atoms with E-state index in [-0.39, 0.29) is 12.1 Å². The molecule has 1 unspecified atom stereocenters. The van der Waals surface area contributed by atoms with Crippen molar-refractivity contribution in [1.29, 1.82) is 5.26 Å². The first-order valence-electron chi connectivity index (χ1n) is 7.33. The molecular formula is C15H26N2O2. The second-order valence-corrected chi connectivity index (χ2v) is 6.23. The fourth-order valence-electron chi connectivity index (χ4n) is 2.31. The maximum Gasteiger partial charge on any atom is 0.411 e. The summed E-state index contributed by atoms with van der Waals surface area (Å²) in [5, 5.41) is 9.29. The van der Waals surface area contributed by atoms with E-state index in [2.05, 4.69) is 6.07 Å². The molecule has 1 aliphatic rings. The summed E-state index contributed by atoms with van der Waals surface area (Å²) in [6.45, 7) is 6.20. The van der Waals surface area contributed by atoms with Crippen molar-refractivity contribution in [2.75, 3.05) is 6.54 Å². The van der Waals surface area contributed by atoms with Crippen LogP contribution in [0, 0.1) is 11.3 Å². The van der Waals surface area contributed by atoms with Crippen LogP contribution in [0.4, 0.5) is 4.79 Å². The Labute approximate surface area is 116 Å². The second-order valence-electron chi connectivity index (χ2n) is 6.23. The number of nitriles is 1. The van der Waals surface area contributed by atoms with Crippen molar-refractivity contribution >= 4 is 6.09 Å². The Morgan fingerprint density at radius 2 is 1.74 bits per heavy atom. The third kappa shape index (κ3) is 5.96. The summed E-state index contributed by atoms with van der Waals surface area (Å²) < 4.78 is 5.41. The summed E-state index contributed by atoms with van der Waals surface area (Å²) in [6, 6.07) is 1.92. The minimum atomic E-state index is -0.508. The molecule has 1 rings (SSSR count). The highest BCUT2D eigenvalue weighted by molar-refractivity contribution is 5.69. The van der Waals surface area contributed by atoms with Crippen molar-refractivity contribution < 1.29 is 9.53 Å². The molecular weight excluding hydrogens is 240 g/mol. The van der Waals surface area contributed by atoms with E-state index >= 15 is 0 Å². The maximum atomic E-state index is 12.2. The van der Waals surface area contributed by atoms with Crippen molar-refractivity contribution in [1.82, 2.24) is 4.90 Å². The van der Waals surface area contributed by atoms with E-state index in [4.69, 9.17) is 4.74 Å². The van der Waals surface area contributed by atoms with Crippen LogP contribution in [-0.2, 0) is 4.74 Å². The fraction of sp³-hybridized carbons (Fsp3) is 0.867. The molecule has 108 valence electrons. The van der Waals surface area contributed by atoms with Crippen molar-refractivity contribution in [3.05, 3.63) is 0 Å². The van der Waals surface area contributed by atoms with Crippen LogP contribution in [-0.4, -0.2) is 29.2 Å². The highest BCUT2D eigenvalue weighted by Gasteiger charge is 2.28. The van der Waals surface area contributed by atoms with Gasteiger partial charge >= 0.3 is 6.09 Å². The number of hydrogen-bond acceptors (Lipinski definition) is 3. The van der Waals surface area contributed by atoms with E-state index < -0.39 is 5.60 Å². The second kappa shape index (κ2) is 7.37. The monoisotopic (exact) mass is 266 g/mol. The Balaban J connectivity index is 2.71. The first kappa shape index (κ1) is 15.8. The predicted octanol–water partition coefficient (Wildman–Crippen LogP) is 3.86. The van der Waals surface area contributed by atoms with E-state index in [1.807, 2.05) is 20.8 Å². The Hall–Kier alpha value is -1.24. The number of hydrogen-bond donors (Lipinski definition) is 0. The highest BCUT2D eigenvalue weighted by Crippen LogP contribution is 2.19. The zero-order valence-electron chi connectivity index (χ0n) is 12.4. The molecule has 4 nitrogen and oxygen atoms in total. The molecule has 0 spiro atoms. The van der Waals surface area contributed by atoms with Crippen LogP contribution >= 0.6 is 0 Å². The molecule has 0 N–H and O–H groups in total. The lowest BCUT2D eigenvalue weighted by molar-refractivity contribution is 0.0190. The molecule has 0 aromatic carbocycles. The van der Waals surface area contributed by atoms with Crippen LogP contribution < -0.4 is 0 Å². The van der Waals surface area contributed by atoms with Gasteiger partial charge in [-0.15, -0.1) is 0 Å². The molecule has 4 heteroatoms. The van der Waals surface area contributed by atoms with Crippen LogP contribution in [0.3, 0.4) is 0 Å². The van der Waals surface area contributed by atoms with Gasteiger partial charge in [-0.1, -0.05) is 32.1 Å². The number of rotatable bonds is 0. The van der Waals surface area contributed by atoms with Gasteiger partial charge in [0, 0.05) is 6.54 Å². The summed E-state index contributed by atoms with van der Waals surface area (Å²) in [5.41, 5.74) is -0.508. The van der Waals surface area contributed by atoms with E-state index in [0.717, 1.165) is 32.1 Å². The van der Waals surface area contributed by atoms with Crippen molar-refractivity contribution in [3.8, 4) is 6.07 Å². The SMILES string of the molecule is CC(C)(C)OC(=O)N1CCCCCCCCC1C#N. The molecule has 0 saturated carbocycles. The minimum Gasteiger partial charge on any atom is -0.444 e. The van der Waals surface area contributed by atoms with Crippen molar-refractivity contribution in [3.63, 3.8) is 0 Å². The summed E-state index contributed by atoms with van der Waals surface area (Å²) in [7, 11) is 0. The molecule has 0 aliphatic carbocycles. The van der Waals surface area contributed by atoms with Gasteiger partial charge in [0.05, 0.1) is 6.07 Å². The predicted molar refractivity (Wildman–Crippen MR) is 74.7 cm³/mol. The van der Waals surface area contributed by atoms with Crippen LogP contribution in [0.5, 0.6) is 0 Å². The van der Waals surface area contributed by atoms with Crippen molar-refractivity contribution in [2.45, 2.75) is 77.4 Å². The molecule has 1 heterocycles. The molecule has 0 bridgehead atoms. The standard InChI is InChI=1S/C15H26N2O2/c1-15(2,3)19-14(18)17-11-9-7-5-4-6-8-10-13(17)12-16/h13H,4-11H2,1-3H3. The van der Waals surface area contributed by atoms with Crippen molar-refractivity contribution in [2.24, 2.45) is 0 Å². The molecule has 0 aromatic rings. The number of carbonyl (C=O) groups excluding carboxylic acids is 1.